The maximum absolute atomic E-state index is 13.7. The van der Waals surface area contributed by atoms with Crippen molar-refractivity contribution in [1.29, 1.82) is 0 Å². The summed E-state index contributed by atoms with van der Waals surface area (Å²) >= 11 is 0. The van der Waals surface area contributed by atoms with Gasteiger partial charge in [0.05, 0.1) is 11.0 Å². The summed E-state index contributed by atoms with van der Waals surface area (Å²) in [6.07, 6.45) is 3.09. The molecular weight excluding hydrogens is 420 g/mol. The highest BCUT2D eigenvalue weighted by Gasteiger charge is 2.27. The molecule has 0 saturated carbocycles. The minimum absolute atomic E-state index is 0.0559. The first-order valence-corrected chi connectivity index (χ1v) is 11.5. The molecule has 2 heterocycles. The van der Waals surface area contributed by atoms with E-state index in [1.54, 1.807) is 6.20 Å². The highest BCUT2D eigenvalue weighted by atomic mass is 16.2. The lowest BCUT2D eigenvalue weighted by Gasteiger charge is -2.22. The number of aromatic nitrogens is 3. The number of nitrogens with zero attached hydrogens (tertiary/aromatic N) is 3. The van der Waals surface area contributed by atoms with Crippen LogP contribution in [-0.2, 0) is 17.6 Å². The van der Waals surface area contributed by atoms with Crippen LogP contribution in [0.15, 0.2) is 109 Å². The molecule has 2 aromatic heterocycles. The Bertz CT molecular complexity index is 1360. The van der Waals surface area contributed by atoms with Crippen molar-refractivity contribution in [1.82, 2.24) is 19.9 Å². The third kappa shape index (κ3) is 4.74. The number of fused-ring (bicyclic) bond motifs is 1. The number of hydrogen-bond donors (Lipinski definition) is 1. The van der Waals surface area contributed by atoms with E-state index in [0.717, 1.165) is 33.7 Å². The Balaban J connectivity index is 1.52. The molecule has 5 heteroatoms. The number of carbonyl (C=O) groups is 1. The summed E-state index contributed by atoms with van der Waals surface area (Å²) in [6, 6.07) is 33.5. The van der Waals surface area contributed by atoms with Gasteiger partial charge in [0.1, 0.15) is 11.9 Å². The monoisotopic (exact) mass is 446 g/mol. The van der Waals surface area contributed by atoms with Gasteiger partial charge >= 0.3 is 0 Å². The van der Waals surface area contributed by atoms with E-state index in [4.69, 9.17) is 4.98 Å². The molecule has 168 valence electrons. The Kier molecular flexibility index (Phi) is 6.43. The summed E-state index contributed by atoms with van der Waals surface area (Å²) in [5.74, 6) is 0.806. The van der Waals surface area contributed by atoms with Gasteiger partial charge in [0.15, 0.2) is 0 Å². The fourth-order valence-corrected chi connectivity index (χ4v) is 4.30. The van der Waals surface area contributed by atoms with Crippen LogP contribution in [0.5, 0.6) is 0 Å². The third-order valence-electron chi connectivity index (χ3n) is 5.90. The van der Waals surface area contributed by atoms with Crippen LogP contribution in [0.1, 0.15) is 28.7 Å². The summed E-state index contributed by atoms with van der Waals surface area (Å²) in [7, 11) is 0. The van der Waals surface area contributed by atoms with Crippen molar-refractivity contribution in [3.63, 3.8) is 0 Å². The van der Waals surface area contributed by atoms with Crippen LogP contribution >= 0.6 is 0 Å². The SMILES string of the molecule is O=C(NCCc1ccccn1)C(c1ccccc1)n1c(Cc2ccccc2)nc2ccccc21. The first-order valence-electron chi connectivity index (χ1n) is 11.5. The summed E-state index contributed by atoms with van der Waals surface area (Å²) in [5, 5.41) is 3.15. The summed E-state index contributed by atoms with van der Waals surface area (Å²) in [5.41, 5.74) is 4.87. The average molecular weight is 447 g/mol. The number of amides is 1. The second-order valence-corrected chi connectivity index (χ2v) is 8.22. The second kappa shape index (κ2) is 10.1. The van der Waals surface area contributed by atoms with Gasteiger partial charge < -0.3 is 9.88 Å². The maximum Gasteiger partial charge on any atom is 0.247 e. The van der Waals surface area contributed by atoms with Crippen molar-refractivity contribution in [2.75, 3.05) is 6.54 Å². The predicted octanol–water partition coefficient (Wildman–Crippen LogP) is 4.97. The zero-order chi connectivity index (χ0) is 23.2. The molecule has 0 spiro atoms. The van der Waals surface area contributed by atoms with E-state index >= 15 is 0 Å². The van der Waals surface area contributed by atoms with Gasteiger partial charge in [-0.05, 0) is 35.4 Å². The molecular formula is C29H26N4O. The smallest absolute Gasteiger partial charge is 0.247 e. The van der Waals surface area contributed by atoms with E-state index in [-0.39, 0.29) is 5.91 Å². The van der Waals surface area contributed by atoms with Crippen molar-refractivity contribution in [3.05, 3.63) is 132 Å². The Morgan fingerprint density at radius 1 is 0.824 bits per heavy atom. The van der Waals surface area contributed by atoms with Crippen molar-refractivity contribution >= 4 is 16.9 Å². The van der Waals surface area contributed by atoms with Crippen molar-refractivity contribution in [3.8, 4) is 0 Å². The largest absolute Gasteiger partial charge is 0.354 e. The second-order valence-electron chi connectivity index (χ2n) is 8.22. The third-order valence-corrected chi connectivity index (χ3v) is 5.90. The predicted molar refractivity (Wildman–Crippen MR) is 135 cm³/mol. The molecule has 1 atom stereocenters. The maximum atomic E-state index is 13.7. The van der Waals surface area contributed by atoms with E-state index < -0.39 is 6.04 Å². The Hall–Kier alpha value is -4.25. The fraction of sp³-hybridized carbons (Fsp3) is 0.138. The number of benzene rings is 3. The molecule has 5 nitrogen and oxygen atoms in total. The molecule has 0 radical (unpaired) electrons. The van der Waals surface area contributed by atoms with Crippen LogP contribution in [0.3, 0.4) is 0 Å². The van der Waals surface area contributed by atoms with E-state index in [1.807, 2.05) is 91.0 Å². The molecule has 0 aliphatic heterocycles. The number of para-hydroxylation sites is 2. The number of pyridine rings is 1. The first kappa shape index (κ1) is 21.6. The van der Waals surface area contributed by atoms with Gasteiger partial charge in [-0.3, -0.25) is 9.78 Å². The normalized spacial score (nSPS) is 11.9. The van der Waals surface area contributed by atoms with Gasteiger partial charge in [0.2, 0.25) is 5.91 Å². The van der Waals surface area contributed by atoms with Crippen LogP contribution in [-0.4, -0.2) is 27.0 Å². The minimum atomic E-state index is -0.531. The molecule has 3 aromatic carbocycles. The Morgan fingerprint density at radius 3 is 2.29 bits per heavy atom. The molecule has 34 heavy (non-hydrogen) atoms. The average Bonchev–Trinajstić information content (AvgIpc) is 3.24. The number of imidazole rings is 1. The summed E-state index contributed by atoms with van der Waals surface area (Å²) in [4.78, 5) is 23.0. The van der Waals surface area contributed by atoms with Crippen molar-refractivity contribution in [2.45, 2.75) is 18.9 Å². The standard InChI is InChI=1S/C29H26N4O/c34-29(31-20-18-24-15-9-10-19-30-24)28(23-13-5-2-6-14-23)33-26-17-8-7-16-25(26)32-27(33)21-22-11-3-1-4-12-22/h1-17,19,28H,18,20-21H2,(H,31,34). The Morgan fingerprint density at radius 2 is 1.53 bits per heavy atom. The van der Waals surface area contributed by atoms with Gasteiger partial charge in [-0.15, -0.1) is 0 Å². The lowest BCUT2D eigenvalue weighted by atomic mass is 10.0. The molecule has 1 amide bonds. The molecule has 1 unspecified atom stereocenters. The lowest BCUT2D eigenvalue weighted by molar-refractivity contribution is -0.123. The molecule has 0 fully saturated rings. The highest BCUT2D eigenvalue weighted by molar-refractivity contribution is 5.87. The fourth-order valence-electron chi connectivity index (χ4n) is 4.30. The van der Waals surface area contributed by atoms with E-state index in [9.17, 15) is 4.79 Å². The van der Waals surface area contributed by atoms with Gasteiger partial charge in [0.25, 0.3) is 0 Å². The van der Waals surface area contributed by atoms with E-state index in [2.05, 4.69) is 27.0 Å². The molecule has 0 aliphatic rings. The molecule has 0 aliphatic carbocycles. The number of carbonyl (C=O) groups excluding carboxylic acids is 1. The molecule has 1 N–H and O–H groups in total. The van der Waals surface area contributed by atoms with Crippen LogP contribution < -0.4 is 5.32 Å². The van der Waals surface area contributed by atoms with Crippen molar-refractivity contribution < 1.29 is 4.79 Å². The van der Waals surface area contributed by atoms with Gasteiger partial charge in [0, 0.05) is 31.3 Å². The van der Waals surface area contributed by atoms with E-state index in [1.165, 1.54) is 0 Å². The number of nitrogens with one attached hydrogen (secondary N) is 1. The zero-order valence-corrected chi connectivity index (χ0v) is 18.8. The molecule has 0 saturated heterocycles. The number of hydrogen-bond acceptors (Lipinski definition) is 3. The lowest BCUT2D eigenvalue weighted by Crippen LogP contribution is -2.35. The van der Waals surface area contributed by atoms with E-state index in [0.29, 0.717) is 19.4 Å². The van der Waals surface area contributed by atoms with Crippen LogP contribution in [0.4, 0.5) is 0 Å². The van der Waals surface area contributed by atoms with Crippen LogP contribution in [0.25, 0.3) is 11.0 Å². The van der Waals surface area contributed by atoms with Gasteiger partial charge in [-0.25, -0.2) is 4.98 Å². The summed E-state index contributed by atoms with van der Waals surface area (Å²) < 4.78 is 2.09. The summed E-state index contributed by atoms with van der Waals surface area (Å²) in [6.45, 7) is 0.514. The molecule has 5 rings (SSSR count). The van der Waals surface area contributed by atoms with Gasteiger partial charge in [-0.1, -0.05) is 78.9 Å². The van der Waals surface area contributed by atoms with Crippen LogP contribution in [0, 0.1) is 0 Å². The topological polar surface area (TPSA) is 59.8 Å². The highest BCUT2D eigenvalue weighted by Crippen LogP contribution is 2.28. The minimum Gasteiger partial charge on any atom is -0.354 e. The number of rotatable bonds is 8. The van der Waals surface area contributed by atoms with Crippen molar-refractivity contribution in [2.24, 2.45) is 0 Å². The zero-order valence-electron chi connectivity index (χ0n) is 18.8. The Labute approximate surface area is 199 Å². The molecule has 0 bridgehead atoms. The van der Waals surface area contributed by atoms with Crippen LogP contribution in [0.2, 0.25) is 0 Å². The quantitative estimate of drug-likeness (QED) is 0.366. The van der Waals surface area contributed by atoms with Gasteiger partial charge in [-0.2, -0.15) is 0 Å². The first-order chi connectivity index (χ1) is 16.8. The molecule has 5 aromatic rings.